The molecule has 1 aliphatic carbocycles. The largest absolute Gasteiger partial charge is 0.358 e. The van der Waals surface area contributed by atoms with Gasteiger partial charge in [0.2, 0.25) is 0 Å². The van der Waals surface area contributed by atoms with Crippen LogP contribution >= 0.6 is 0 Å². The highest BCUT2D eigenvalue weighted by Crippen LogP contribution is 2.32. The lowest BCUT2D eigenvalue weighted by molar-refractivity contribution is 0.0941. The molecule has 2 atom stereocenters. The molecule has 0 spiro atoms. The Morgan fingerprint density at radius 2 is 2.12 bits per heavy atom. The molecule has 0 saturated carbocycles. The average Bonchev–Trinajstić information content (AvgIpc) is 3.06. The highest BCUT2D eigenvalue weighted by molar-refractivity contribution is 7.91. The van der Waals surface area contributed by atoms with Gasteiger partial charge in [-0.05, 0) is 55.4 Å². The van der Waals surface area contributed by atoms with Crippen LogP contribution in [-0.4, -0.2) is 36.9 Å². The molecule has 1 amide bonds. The third-order valence-corrected chi connectivity index (χ3v) is 7.03. The number of hydrogen-bond donors (Lipinski definition) is 2. The van der Waals surface area contributed by atoms with Gasteiger partial charge in [-0.3, -0.25) is 4.79 Å². The number of aromatic nitrogens is 1. The molecule has 128 valence electrons. The summed E-state index contributed by atoms with van der Waals surface area (Å²) in [6.07, 6.45) is 3.81. The summed E-state index contributed by atoms with van der Waals surface area (Å²) in [5.74, 6) is 0.702. The van der Waals surface area contributed by atoms with E-state index in [1.165, 1.54) is 17.7 Å². The molecule has 0 radical (unpaired) electrons. The Labute approximate surface area is 141 Å². The molecule has 1 aromatic carbocycles. The number of H-pyrrole nitrogens is 1. The molecule has 5 nitrogen and oxygen atoms in total. The molecule has 0 unspecified atom stereocenters. The van der Waals surface area contributed by atoms with Gasteiger partial charge in [-0.25, -0.2) is 8.42 Å². The minimum atomic E-state index is -2.99. The van der Waals surface area contributed by atoms with E-state index in [0.29, 0.717) is 17.9 Å². The van der Waals surface area contributed by atoms with E-state index >= 15 is 0 Å². The molecule has 1 aromatic heterocycles. The zero-order valence-corrected chi connectivity index (χ0v) is 14.6. The Hall–Kier alpha value is -1.82. The van der Waals surface area contributed by atoms with E-state index in [2.05, 4.69) is 17.2 Å². The van der Waals surface area contributed by atoms with Crippen LogP contribution in [0.3, 0.4) is 0 Å². The topological polar surface area (TPSA) is 79.0 Å². The summed E-state index contributed by atoms with van der Waals surface area (Å²) < 4.78 is 23.1. The number of sulfone groups is 1. The first-order valence-electron chi connectivity index (χ1n) is 8.56. The maximum atomic E-state index is 12.5. The van der Waals surface area contributed by atoms with E-state index in [1.54, 1.807) is 0 Å². The van der Waals surface area contributed by atoms with Crippen LogP contribution in [0.15, 0.2) is 18.2 Å². The summed E-state index contributed by atoms with van der Waals surface area (Å²) in [4.78, 5) is 16.0. The Kier molecular flexibility index (Phi) is 3.67. The molecular formula is C18H22N2O3S. The third-order valence-electron chi connectivity index (χ3n) is 5.26. The van der Waals surface area contributed by atoms with Crippen LogP contribution in [0.4, 0.5) is 0 Å². The first-order valence-corrected chi connectivity index (χ1v) is 10.4. The molecule has 2 N–H and O–H groups in total. The van der Waals surface area contributed by atoms with Crippen molar-refractivity contribution >= 4 is 26.6 Å². The van der Waals surface area contributed by atoms with E-state index in [9.17, 15) is 13.2 Å². The molecule has 1 saturated heterocycles. The SMILES string of the molecule is C[C@@H]1CCc2[nH]c3ccc(C(=O)N[C@H]4CCS(=O)(=O)C4)cc3c2C1. The summed E-state index contributed by atoms with van der Waals surface area (Å²) in [5, 5.41) is 4.00. The molecule has 6 heteroatoms. The average molecular weight is 346 g/mol. The van der Waals surface area contributed by atoms with Crippen LogP contribution in [0.25, 0.3) is 10.9 Å². The molecule has 1 fully saturated rings. The van der Waals surface area contributed by atoms with Gasteiger partial charge in [-0.2, -0.15) is 0 Å². The van der Waals surface area contributed by atoms with Gasteiger partial charge < -0.3 is 10.3 Å². The fourth-order valence-electron chi connectivity index (χ4n) is 3.91. The number of amides is 1. The van der Waals surface area contributed by atoms with E-state index in [0.717, 1.165) is 23.7 Å². The Morgan fingerprint density at radius 1 is 1.29 bits per heavy atom. The summed E-state index contributed by atoms with van der Waals surface area (Å²) in [7, 11) is -2.99. The molecular weight excluding hydrogens is 324 g/mol. The highest BCUT2D eigenvalue weighted by atomic mass is 32.2. The number of fused-ring (bicyclic) bond motifs is 3. The lowest BCUT2D eigenvalue weighted by Crippen LogP contribution is -2.35. The number of benzene rings is 1. The number of carbonyl (C=O) groups is 1. The van der Waals surface area contributed by atoms with Crippen molar-refractivity contribution in [3.8, 4) is 0 Å². The Bertz CT molecular complexity index is 914. The van der Waals surface area contributed by atoms with Crippen molar-refractivity contribution in [1.29, 1.82) is 0 Å². The van der Waals surface area contributed by atoms with Crippen molar-refractivity contribution in [2.75, 3.05) is 11.5 Å². The minimum absolute atomic E-state index is 0.0536. The summed E-state index contributed by atoms with van der Waals surface area (Å²) >= 11 is 0. The minimum Gasteiger partial charge on any atom is -0.358 e. The van der Waals surface area contributed by atoms with Crippen molar-refractivity contribution in [1.82, 2.24) is 10.3 Å². The first-order chi connectivity index (χ1) is 11.4. The van der Waals surface area contributed by atoms with Crippen LogP contribution in [-0.2, 0) is 22.7 Å². The predicted octanol–water partition coefficient (Wildman–Crippen LogP) is 2.21. The van der Waals surface area contributed by atoms with Crippen LogP contribution in [0.1, 0.15) is 41.4 Å². The van der Waals surface area contributed by atoms with Gasteiger partial charge in [0.05, 0.1) is 11.5 Å². The van der Waals surface area contributed by atoms with Crippen molar-refractivity contribution in [3.05, 3.63) is 35.0 Å². The van der Waals surface area contributed by atoms with E-state index in [-0.39, 0.29) is 23.5 Å². The standard InChI is InChI=1S/C18H22N2O3S/c1-11-2-4-16-14(8-11)15-9-12(3-5-17(15)20-16)18(21)19-13-6-7-24(22,23)10-13/h3,5,9,11,13,20H,2,4,6-8,10H2,1H3,(H,19,21)/t11-,13+/m1/s1. The molecule has 0 bridgehead atoms. The summed E-state index contributed by atoms with van der Waals surface area (Å²) in [5.41, 5.74) is 4.31. The van der Waals surface area contributed by atoms with Crippen LogP contribution in [0, 0.1) is 5.92 Å². The van der Waals surface area contributed by atoms with Crippen LogP contribution in [0.2, 0.25) is 0 Å². The van der Waals surface area contributed by atoms with Gasteiger partial charge in [-0.15, -0.1) is 0 Å². The lowest BCUT2D eigenvalue weighted by atomic mass is 9.87. The maximum Gasteiger partial charge on any atom is 0.251 e. The molecule has 1 aliphatic heterocycles. The second-order valence-electron chi connectivity index (χ2n) is 7.26. The van der Waals surface area contributed by atoms with Gasteiger partial charge in [-0.1, -0.05) is 6.92 Å². The zero-order valence-electron chi connectivity index (χ0n) is 13.8. The van der Waals surface area contributed by atoms with Gasteiger partial charge in [0, 0.05) is 28.2 Å². The second-order valence-corrected chi connectivity index (χ2v) is 9.49. The van der Waals surface area contributed by atoms with E-state index < -0.39 is 9.84 Å². The van der Waals surface area contributed by atoms with Gasteiger partial charge >= 0.3 is 0 Å². The summed E-state index contributed by atoms with van der Waals surface area (Å²) in [6.45, 7) is 2.26. The second kappa shape index (κ2) is 5.62. The summed E-state index contributed by atoms with van der Waals surface area (Å²) in [6, 6.07) is 5.45. The normalized spacial score (nSPS) is 25.5. The Balaban J connectivity index is 1.60. The maximum absolute atomic E-state index is 12.5. The lowest BCUT2D eigenvalue weighted by Gasteiger charge is -2.18. The van der Waals surface area contributed by atoms with Gasteiger partial charge in [0.25, 0.3) is 5.91 Å². The third kappa shape index (κ3) is 2.83. The fraction of sp³-hybridized carbons (Fsp3) is 0.500. The van der Waals surface area contributed by atoms with Crippen molar-refractivity contribution in [2.45, 2.75) is 38.6 Å². The van der Waals surface area contributed by atoms with Gasteiger partial charge in [0.15, 0.2) is 9.84 Å². The van der Waals surface area contributed by atoms with Crippen molar-refractivity contribution in [2.24, 2.45) is 5.92 Å². The molecule has 2 aromatic rings. The monoisotopic (exact) mass is 346 g/mol. The number of carbonyl (C=O) groups excluding carboxylic acids is 1. The van der Waals surface area contributed by atoms with Gasteiger partial charge in [0.1, 0.15) is 0 Å². The number of aryl methyl sites for hydroxylation is 1. The zero-order chi connectivity index (χ0) is 16.9. The molecule has 24 heavy (non-hydrogen) atoms. The quantitative estimate of drug-likeness (QED) is 0.875. The number of hydrogen-bond acceptors (Lipinski definition) is 3. The number of aromatic amines is 1. The van der Waals surface area contributed by atoms with Crippen molar-refractivity contribution in [3.63, 3.8) is 0 Å². The molecule has 2 heterocycles. The Morgan fingerprint density at radius 3 is 2.88 bits per heavy atom. The van der Waals surface area contributed by atoms with E-state index in [1.807, 2.05) is 18.2 Å². The molecule has 2 aliphatic rings. The smallest absolute Gasteiger partial charge is 0.251 e. The van der Waals surface area contributed by atoms with Crippen molar-refractivity contribution < 1.29 is 13.2 Å². The first kappa shape index (κ1) is 15.7. The van der Waals surface area contributed by atoms with E-state index in [4.69, 9.17) is 0 Å². The number of rotatable bonds is 2. The molecule has 4 rings (SSSR count). The highest BCUT2D eigenvalue weighted by Gasteiger charge is 2.29. The number of nitrogens with one attached hydrogen (secondary N) is 2. The fourth-order valence-corrected chi connectivity index (χ4v) is 5.58. The predicted molar refractivity (Wildman–Crippen MR) is 94.0 cm³/mol. The van der Waals surface area contributed by atoms with Crippen LogP contribution < -0.4 is 5.32 Å². The van der Waals surface area contributed by atoms with Crippen LogP contribution in [0.5, 0.6) is 0 Å².